The van der Waals surface area contributed by atoms with Crippen molar-refractivity contribution in [3.05, 3.63) is 63.9 Å². The molecule has 0 saturated heterocycles. The van der Waals surface area contributed by atoms with Crippen molar-refractivity contribution >= 4 is 27.6 Å². The summed E-state index contributed by atoms with van der Waals surface area (Å²) in [6.45, 7) is 0.257. The summed E-state index contributed by atoms with van der Waals surface area (Å²) in [5.41, 5.74) is 6.66. The van der Waals surface area contributed by atoms with Crippen molar-refractivity contribution in [1.82, 2.24) is 0 Å². The van der Waals surface area contributed by atoms with Crippen molar-refractivity contribution in [1.29, 1.82) is 0 Å². The molecule has 0 heterocycles. The Labute approximate surface area is 124 Å². The van der Waals surface area contributed by atoms with Gasteiger partial charge in [0.05, 0.1) is 17.9 Å². The number of hydrogen-bond donors (Lipinski definition) is 1. The molecule has 0 aliphatic rings. The van der Waals surface area contributed by atoms with E-state index in [0.717, 1.165) is 11.6 Å². The average Bonchev–Trinajstić information content (AvgIpc) is 2.44. The zero-order chi connectivity index (χ0) is 14.5. The van der Waals surface area contributed by atoms with Crippen molar-refractivity contribution in [3.63, 3.8) is 0 Å². The van der Waals surface area contributed by atoms with E-state index in [4.69, 9.17) is 10.5 Å². The Balaban J connectivity index is 1.97. The summed E-state index contributed by atoms with van der Waals surface area (Å²) in [7, 11) is 0. The fraction of sp³-hybridized carbons (Fsp3) is 0.133. The van der Waals surface area contributed by atoms with Crippen LogP contribution in [-0.4, -0.2) is 12.6 Å². The number of ether oxygens (including phenoxy) is 1. The van der Waals surface area contributed by atoms with Crippen LogP contribution in [0.5, 0.6) is 0 Å². The summed E-state index contributed by atoms with van der Waals surface area (Å²) in [6.07, 6.45) is 0.626. The van der Waals surface area contributed by atoms with Gasteiger partial charge in [0.15, 0.2) is 0 Å². The van der Waals surface area contributed by atoms with Crippen LogP contribution in [0, 0.1) is 5.82 Å². The van der Waals surface area contributed by atoms with Crippen LogP contribution in [-0.2, 0) is 11.2 Å². The number of esters is 1. The standard InChI is InChI=1S/C15H13BrFNO2/c16-12-9-13(17)14(18)8-11(12)15(19)20-7-6-10-4-2-1-3-5-10/h1-5,8-9H,6-7,18H2. The molecule has 0 bridgehead atoms. The number of carbonyl (C=O) groups is 1. The number of nitrogens with two attached hydrogens (primary N) is 1. The van der Waals surface area contributed by atoms with Gasteiger partial charge in [-0.05, 0) is 33.6 Å². The predicted octanol–water partition coefficient (Wildman–Crippen LogP) is 3.57. The second-order valence-electron chi connectivity index (χ2n) is 4.23. The maximum absolute atomic E-state index is 13.2. The minimum Gasteiger partial charge on any atom is -0.462 e. The van der Waals surface area contributed by atoms with E-state index in [0.29, 0.717) is 10.9 Å². The van der Waals surface area contributed by atoms with E-state index >= 15 is 0 Å². The van der Waals surface area contributed by atoms with Crippen LogP contribution < -0.4 is 5.73 Å². The van der Waals surface area contributed by atoms with E-state index in [1.54, 1.807) is 0 Å². The molecule has 2 aromatic carbocycles. The number of halogens is 2. The van der Waals surface area contributed by atoms with Crippen LogP contribution in [0.4, 0.5) is 10.1 Å². The molecule has 0 unspecified atom stereocenters. The molecule has 104 valence electrons. The summed E-state index contributed by atoms with van der Waals surface area (Å²) in [5.74, 6) is -1.10. The van der Waals surface area contributed by atoms with E-state index in [1.807, 2.05) is 30.3 Å². The Morgan fingerprint density at radius 2 is 1.95 bits per heavy atom. The first-order valence-corrected chi connectivity index (χ1v) is 6.83. The molecule has 0 atom stereocenters. The SMILES string of the molecule is Nc1cc(C(=O)OCCc2ccccc2)c(Br)cc1F. The van der Waals surface area contributed by atoms with Crippen molar-refractivity contribution in [3.8, 4) is 0 Å². The summed E-state index contributed by atoms with van der Waals surface area (Å²) in [5, 5.41) is 0. The molecule has 0 aliphatic heterocycles. The summed E-state index contributed by atoms with van der Waals surface area (Å²) < 4.78 is 18.7. The third kappa shape index (κ3) is 3.57. The summed E-state index contributed by atoms with van der Waals surface area (Å²) >= 11 is 3.12. The highest BCUT2D eigenvalue weighted by Gasteiger charge is 2.14. The lowest BCUT2D eigenvalue weighted by molar-refractivity contribution is 0.0508. The zero-order valence-electron chi connectivity index (χ0n) is 10.6. The van der Waals surface area contributed by atoms with Gasteiger partial charge in [-0.3, -0.25) is 0 Å². The van der Waals surface area contributed by atoms with Gasteiger partial charge >= 0.3 is 5.97 Å². The van der Waals surface area contributed by atoms with Crippen LogP contribution >= 0.6 is 15.9 Å². The Hall–Kier alpha value is -1.88. The molecule has 0 aliphatic carbocycles. The maximum atomic E-state index is 13.2. The van der Waals surface area contributed by atoms with Crippen molar-refractivity contribution in [2.45, 2.75) is 6.42 Å². The molecule has 0 radical (unpaired) electrons. The highest BCUT2D eigenvalue weighted by Crippen LogP contribution is 2.23. The number of benzene rings is 2. The van der Waals surface area contributed by atoms with Gasteiger partial charge in [-0.1, -0.05) is 30.3 Å². The van der Waals surface area contributed by atoms with E-state index in [9.17, 15) is 9.18 Å². The van der Waals surface area contributed by atoms with Gasteiger partial charge < -0.3 is 10.5 Å². The number of carbonyl (C=O) groups excluding carboxylic acids is 1. The third-order valence-electron chi connectivity index (χ3n) is 2.77. The normalized spacial score (nSPS) is 10.3. The second kappa shape index (κ2) is 6.52. The van der Waals surface area contributed by atoms with Gasteiger partial charge in [-0.2, -0.15) is 0 Å². The van der Waals surface area contributed by atoms with Gasteiger partial charge in [0.25, 0.3) is 0 Å². The molecular weight excluding hydrogens is 325 g/mol. The molecule has 0 fully saturated rings. The first-order chi connectivity index (χ1) is 9.58. The van der Waals surface area contributed by atoms with Gasteiger partial charge in [-0.25, -0.2) is 9.18 Å². The average molecular weight is 338 g/mol. The van der Waals surface area contributed by atoms with Crippen LogP contribution in [0.25, 0.3) is 0 Å². The minimum atomic E-state index is -0.572. The lowest BCUT2D eigenvalue weighted by atomic mass is 10.1. The molecule has 0 saturated carbocycles. The minimum absolute atomic E-state index is 0.0804. The van der Waals surface area contributed by atoms with Gasteiger partial charge in [0.1, 0.15) is 5.82 Å². The number of anilines is 1. The van der Waals surface area contributed by atoms with Crippen molar-refractivity contribution in [2.24, 2.45) is 0 Å². The number of rotatable bonds is 4. The first-order valence-electron chi connectivity index (χ1n) is 6.03. The summed E-state index contributed by atoms with van der Waals surface area (Å²) in [6, 6.07) is 12.1. The molecule has 2 N–H and O–H groups in total. The van der Waals surface area contributed by atoms with Crippen molar-refractivity contribution < 1.29 is 13.9 Å². The van der Waals surface area contributed by atoms with Crippen LogP contribution in [0.3, 0.4) is 0 Å². The lowest BCUT2D eigenvalue weighted by Gasteiger charge is -2.08. The quantitative estimate of drug-likeness (QED) is 0.685. The molecule has 5 heteroatoms. The highest BCUT2D eigenvalue weighted by molar-refractivity contribution is 9.10. The maximum Gasteiger partial charge on any atom is 0.339 e. The van der Waals surface area contributed by atoms with E-state index in [1.165, 1.54) is 6.07 Å². The largest absolute Gasteiger partial charge is 0.462 e. The summed E-state index contributed by atoms with van der Waals surface area (Å²) in [4.78, 5) is 11.9. The zero-order valence-corrected chi connectivity index (χ0v) is 12.2. The highest BCUT2D eigenvalue weighted by atomic mass is 79.9. The Bertz CT molecular complexity index is 617. The molecular formula is C15H13BrFNO2. The fourth-order valence-corrected chi connectivity index (χ4v) is 2.18. The Kier molecular flexibility index (Phi) is 4.74. The Morgan fingerprint density at radius 1 is 1.25 bits per heavy atom. The van der Waals surface area contributed by atoms with Gasteiger partial charge in [0.2, 0.25) is 0 Å². The van der Waals surface area contributed by atoms with E-state index in [-0.39, 0.29) is 17.9 Å². The van der Waals surface area contributed by atoms with E-state index in [2.05, 4.69) is 15.9 Å². The lowest BCUT2D eigenvalue weighted by Crippen LogP contribution is -2.10. The van der Waals surface area contributed by atoms with Crippen LogP contribution in [0.15, 0.2) is 46.9 Å². The molecule has 0 amide bonds. The monoisotopic (exact) mass is 337 g/mol. The fourth-order valence-electron chi connectivity index (χ4n) is 1.71. The third-order valence-corrected chi connectivity index (χ3v) is 3.43. The molecule has 3 nitrogen and oxygen atoms in total. The van der Waals surface area contributed by atoms with Crippen LogP contribution in [0.2, 0.25) is 0 Å². The van der Waals surface area contributed by atoms with E-state index < -0.39 is 11.8 Å². The Morgan fingerprint density at radius 3 is 2.65 bits per heavy atom. The first kappa shape index (κ1) is 14.5. The second-order valence-corrected chi connectivity index (χ2v) is 5.08. The molecule has 0 spiro atoms. The number of hydrogen-bond acceptors (Lipinski definition) is 3. The van der Waals surface area contributed by atoms with Gasteiger partial charge in [0, 0.05) is 10.9 Å². The molecule has 20 heavy (non-hydrogen) atoms. The molecule has 0 aromatic heterocycles. The topological polar surface area (TPSA) is 52.3 Å². The van der Waals surface area contributed by atoms with Crippen LogP contribution in [0.1, 0.15) is 15.9 Å². The van der Waals surface area contributed by atoms with Gasteiger partial charge in [-0.15, -0.1) is 0 Å². The predicted molar refractivity (Wildman–Crippen MR) is 78.9 cm³/mol. The van der Waals surface area contributed by atoms with Crippen molar-refractivity contribution in [2.75, 3.05) is 12.3 Å². The molecule has 2 aromatic rings. The smallest absolute Gasteiger partial charge is 0.339 e. The molecule has 2 rings (SSSR count). The number of nitrogen functional groups attached to an aromatic ring is 1.